The van der Waals surface area contributed by atoms with Gasteiger partial charge in [-0.05, 0) is 55.2 Å². The lowest BCUT2D eigenvalue weighted by Gasteiger charge is -2.05. The van der Waals surface area contributed by atoms with Crippen molar-refractivity contribution in [2.45, 2.75) is 26.2 Å². The van der Waals surface area contributed by atoms with Crippen LogP contribution in [0, 0.1) is 0 Å². The molecule has 2 aromatic rings. The van der Waals surface area contributed by atoms with Crippen LogP contribution < -0.4 is 10.1 Å². The molecule has 0 saturated heterocycles. The highest BCUT2D eigenvalue weighted by Gasteiger charge is 2.19. The number of rotatable bonds is 3. The topological polar surface area (TPSA) is 55.4 Å². The molecule has 0 atom stereocenters. The Kier molecular flexibility index (Phi) is 3.75. The molecule has 0 aliphatic heterocycles. The predicted molar refractivity (Wildman–Crippen MR) is 82.0 cm³/mol. The van der Waals surface area contributed by atoms with Crippen LogP contribution >= 0.6 is 11.3 Å². The number of anilines is 1. The number of nitrogens with one attached hydrogen (secondary N) is 1. The minimum Gasteiger partial charge on any atom is -0.422 e. The fourth-order valence-corrected chi connectivity index (χ4v) is 3.53. The molecule has 1 aliphatic carbocycles. The van der Waals surface area contributed by atoms with E-state index in [9.17, 15) is 9.59 Å². The molecule has 5 heteroatoms. The third-order valence-electron chi connectivity index (χ3n) is 3.33. The van der Waals surface area contributed by atoms with Gasteiger partial charge < -0.3 is 10.1 Å². The molecule has 21 heavy (non-hydrogen) atoms. The SMILES string of the molecule is CC(=O)Nc1ccc(OC(=O)c2cc3c(s2)CCC3)cc1. The summed E-state index contributed by atoms with van der Waals surface area (Å²) in [6.45, 7) is 1.45. The molecular formula is C16H15NO3S. The molecule has 1 N–H and O–H groups in total. The molecule has 1 aromatic heterocycles. The molecule has 1 aromatic carbocycles. The maximum Gasteiger partial charge on any atom is 0.353 e. The van der Waals surface area contributed by atoms with Crippen molar-refractivity contribution in [3.63, 3.8) is 0 Å². The van der Waals surface area contributed by atoms with Gasteiger partial charge in [0.1, 0.15) is 10.6 Å². The van der Waals surface area contributed by atoms with Crippen molar-refractivity contribution in [1.82, 2.24) is 0 Å². The number of carbonyl (C=O) groups is 2. The molecule has 0 saturated carbocycles. The summed E-state index contributed by atoms with van der Waals surface area (Å²) in [5.41, 5.74) is 1.96. The standard InChI is InChI=1S/C16H15NO3S/c1-10(18)17-12-5-7-13(8-6-12)20-16(19)15-9-11-3-2-4-14(11)21-15/h5-9H,2-4H2,1H3,(H,17,18). The maximum absolute atomic E-state index is 12.1. The Hall–Kier alpha value is -2.14. The molecule has 0 spiro atoms. The lowest BCUT2D eigenvalue weighted by atomic mass is 10.2. The molecule has 1 aliphatic rings. The Morgan fingerprint density at radius 2 is 1.95 bits per heavy atom. The van der Waals surface area contributed by atoms with Gasteiger partial charge in [-0.25, -0.2) is 4.79 Å². The summed E-state index contributed by atoms with van der Waals surface area (Å²) in [5.74, 6) is 0.0252. The number of hydrogen-bond acceptors (Lipinski definition) is 4. The van der Waals surface area contributed by atoms with Crippen molar-refractivity contribution in [1.29, 1.82) is 0 Å². The highest BCUT2D eigenvalue weighted by molar-refractivity contribution is 7.14. The van der Waals surface area contributed by atoms with E-state index in [0.29, 0.717) is 16.3 Å². The highest BCUT2D eigenvalue weighted by Crippen LogP contribution is 2.31. The Morgan fingerprint density at radius 1 is 1.19 bits per heavy atom. The van der Waals surface area contributed by atoms with E-state index in [4.69, 9.17) is 4.74 Å². The fourth-order valence-electron chi connectivity index (χ4n) is 2.40. The van der Waals surface area contributed by atoms with Crippen molar-refractivity contribution in [2.75, 3.05) is 5.32 Å². The van der Waals surface area contributed by atoms with Gasteiger partial charge >= 0.3 is 5.97 Å². The smallest absolute Gasteiger partial charge is 0.353 e. The lowest BCUT2D eigenvalue weighted by molar-refractivity contribution is -0.114. The number of benzene rings is 1. The van der Waals surface area contributed by atoms with Crippen LogP contribution in [0.1, 0.15) is 33.5 Å². The lowest BCUT2D eigenvalue weighted by Crippen LogP contribution is -2.07. The van der Waals surface area contributed by atoms with Gasteiger partial charge in [0.15, 0.2) is 0 Å². The quantitative estimate of drug-likeness (QED) is 0.698. The summed E-state index contributed by atoms with van der Waals surface area (Å²) in [5, 5.41) is 2.67. The van der Waals surface area contributed by atoms with E-state index in [1.165, 1.54) is 35.1 Å². The molecule has 4 nitrogen and oxygen atoms in total. The first kappa shape index (κ1) is 13.8. The second-order valence-corrected chi connectivity index (χ2v) is 6.14. The first-order valence-electron chi connectivity index (χ1n) is 6.83. The van der Waals surface area contributed by atoms with Gasteiger partial charge in [0, 0.05) is 17.5 Å². The van der Waals surface area contributed by atoms with Crippen molar-refractivity contribution in [3.05, 3.63) is 45.6 Å². The normalized spacial score (nSPS) is 12.8. The minimum atomic E-state index is -0.318. The predicted octanol–water partition coefficient (Wildman–Crippen LogP) is 3.41. The first-order chi connectivity index (χ1) is 10.1. The molecular weight excluding hydrogens is 286 g/mol. The van der Waals surface area contributed by atoms with Gasteiger partial charge in [-0.15, -0.1) is 11.3 Å². The van der Waals surface area contributed by atoms with E-state index >= 15 is 0 Å². The van der Waals surface area contributed by atoms with Crippen LogP contribution in [0.3, 0.4) is 0 Å². The zero-order chi connectivity index (χ0) is 14.8. The van der Waals surface area contributed by atoms with Gasteiger partial charge in [-0.1, -0.05) is 0 Å². The molecule has 0 unspecified atom stereocenters. The van der Waals surface area contributed by atoms with Crippen LogP contribution in [0.4, 0.5) is 5.69 Å². The molecule has 1 heterocycles. The Balaban J connectivity index is 1.67. The summed E-state index contributed by atoms with van der Waals surface area (Å²) in [6.07, 6.45) is 3.31. The number of aryl methyl sites for hydroxylation is 2. The number of carbonyl (C=O) groups excluding carboxylic acids is 2. The number of thiophene rings is 1. The second kappa shape index (κ2) is 5.69. The van der Waals surface area contributed by atoms with E-state index in [1.54, 1.807) is 24.3 Å². The molecule has 1 amide bonds. The molecule has 0 bridgehead atoms. The van der Waals surface area contributed by atoms with E-state index in [2.05, 4.69) is 5.32 Å². The average Bonchev–Trinajstić information content (AvgIpc) is 3.01. The van der Waals surface area contributed by atoms with Crippen LogP contribution in [-0.4, -0.2) is 11.9 Å². The van der Waals surface area contributed by atoms with Crippen LogP contribution in [0.5, 0.6) is 5.75 Å². The van der Waals surface area contributed by atoms with E-state index in [0.717, 1.165) is 12.8 Å². The molecule has 0 fully saturated rings. The van der Waals surface area contributed by atoms with Crippen LogP contribution in [-0.2, 0) is 17.6 Å². The van der Waals surface area contributed by atoms with Crippen LogP contribution in [0.2, 0.25) is 0 Å². The number of ether oxygens (including phenoxy) is 1. The van der Waals surface area contributed by atoms with Gasteiger partial charge in [0.25, 0.3) is 0 Å². The third kappa shape index (κ3) is 3.13. The van der Waals surface area contributed by atoms with Crippen molar-refractivity contribution in [2.24, 2.45) is 0 Å². The number of fused-ring (bicyclic) bond motifs is 1. The Morgan fingerprint density at radius 3 is 2.62 bits per heavy atom. The largest absolute Gasteiger partial charge is 0.422 e. The Bertz CT molecular complexity index is 667. The van der Waals surface area contributed by atoms with Gasteiger partial charge in [-0.3, -0.25) is 4.79 Å². The highest BCUT2D eigenvalue weighted by atomic mass is 32.1. The zero-order valence-corrected chi connectivity index (χ0v) is 12.5. The first-order valence-corrected chi connectivity index (χ1v) is 7.65. The van der Waals surface area contributed by atoms with E-state index < -0.39 is 0 Å². The summed E-state index contributed by atoms with van der Waals surface area (Å²) in [7, 11) is 0. The monoisotopic (exact) mass is 301 g/mol. The number of amides is 1. The second-order valence-electron chi connectivity index (χ2n) is 5.01. The fraction of sp³-hybridized carbons (Fsp3) is 0.250. The zero-order valence-electron chi connectivity index (χ0n) is 11.6. The van der Waals surface area contributed by atoms with Crippen molar-refractivity contribution >= 4 is 28.9 Å². The van der Waals surface area contributed by atoms with Gasteiger partial charge in [0.05, 0.1) is 0 Å². The average molecular weight is 301 g/mol. The molecule has 0 radical (unpaired) electrons. The summed E-state index contributed by atoms with van der Waals surface area (Å²) >= 11 is 1.53. The van der Waals surface area contributed by atoms with Crippen molar-refractivity contribution in [3.8, 4) is 5.75 Å². The van der Waals surface area contributed by atoms with E-state index in [1.807, 2.05) is 6.07 Å². The number of esters is 1. The minimum absolute atomic E-state index is 0.132. The summed E-state index contributed by atoms with van der Waals surface area (Å²) < 4.78 is 5.36. The van der Waals surface area contributed by atoms with Crippen molar-refractivity contribution < 1.29 is 14.3 Å². The molecule has 108 valence electrons. The summed E-state index contributed by atoms with van der Waals surface area (Å²) in [4.78, 5) is 25.0. The number of hydrogen-bond donors (Lipinski definition) is 1. The van der Waals surface area contributed by atoms with Gasteiger partial charge in [0.2, 0.25) is 5.91 Å². The summed E-state index contributed by atoms with van der Waals surface area (Å²) in [6, 6.07) is 8.70. The maximum atomic E-state index is 12.1. The van der Waals surface area contributed by atoms with Crippen LogP contribution in [0.25, 0.3) is 0 Å². The van der Waals surface area contributed by atoms with Crippen LogP contribution in [0.15, 0.2) is 30.3 Å². The molecule has 3 rings (SSSR count). The van der Waals surface area contributed by atoms with Gasteiger partial charge in [-0.2, -0.15) is 0 Å². The Labute approximate surface area is 126 Å². The third-order valence-corrected chi connectivity index (χ3v) is 4.55. The van der Waals surface area contributed by atoms with E-state index in [-0.39, 0.29) is 11.9 Å².